The number of nitrogens with zero attached hydrogens (tertiary/aromatic N) is 1. The van der Waals surface area contributed by atoms with Crippen molar-refractivity contribution in [2.45, 2.75) is 51.7 Å². The van der Waals surface area contributed by atoms with Crippen LogP contribution in [0.25, 0.3) is 0 Å². The Balaban J connectivity index is 1.40. The standard InChI is InChI=1S/C22H26N2O/c1-16-7-8-19-9-10-21(20(19)12-16)23-14-17-4-2-5-18(13-17)15-24-11-3-6-22(24)25/h2,4-5,7-8,12-13,21,23H,3,6,9-11,14-15H2,1H3. The van der Waals surface area contributed by atoms with Crippen LogP contribution in [-0.4, -0.2) is 17.4 Å². The minimum atomic E-state index is 0.293. The summed E-state index contributed by atoms with van der Waals surface area (Å²) in [4.78, 5) is 13.8. The summed E-state index contributed by atoms with van der Waals surface area (Å²) in [5.74, 6) is 0.293. The molecule has 1 aliphatic heterocycles. The van der Waals surface area contributed by atoms with Crippen LogP contribution in [0.3, 0.4) is 0 Å². The minimum Gasteiger partial charge on any atom is -0.338 e. The molecular formula is C22H26N2O. The van der Waals surface area contributed by atoms with Gasteiger partial charge in [-0.3, -0.25) is 4.79 Å². The fraction of sp³-hybridized carbons (Fsp3) is 0.409. The smallest absolute Gasteiger partial charge is 0.222 e. The number of fused-ring (bicyclic) bond motifs is 1. The molecule has 1 fully saturated rings. The van der Waals surface area contributed by atoms with E-state index in [1.807, 2.05) is 4.90 Å². The largest absolute Gasteiger partial charge is 0.338 e. The van der Waals surface area contributed by atoms with Crippen LogP contribution in [0.5, 0.6) is 0 Å². The third kappa shape index (κ3) is 3.62. The number of nitrogens with one attached hydrogen (secondary N) is 1. The third-order valence-electron chi connectivity index (χ3n) is 5.47. The van der Waals surface area contributed by atoms with Crippen molar-refractivity contribution >= 4 is 5.91 Å². The molecule has 0 bridgehead atoms. The Bertz CT molecular complexity index is 783. The van der Waals surface area contributed by atoms with Gasteiger partial charge in [-0.25, -0.2) is 0 Å². The minimum absolute atomic E-state index is 0.293. The number of hydrogen-bond donors (Lipinski definition) is 1. The molecule has 1 heterocycles. The molecule has 0 radical (unpaired) electrons. The first-order chi connectivity index (χ1) is 12.2. The number of hydrogen-bond acceptors (Lipinski definition) is 2. The van der Waals surface area contributed by atoms with E-state index in [0.29, 0.717) is 18.4 Å². The highest BCUT2D eigenvalue weighted by Gasteiger charge is 2.22. The molecule has 0 aromatic heterocycles. The van der Waals surface area contributed by atoms with E-state index in [2.05, 4.69) is 54.7 Å². The molecule has 1 aliphatic carbocycles. The molecule has 1 amide bonds. The van der Waals surface area contributed by atoms with Gasteiger partial charge in [-0.05, 0) is 48.4 Å². The quantitative estimate of drug-likeness (QED) is 0.899. The van der Waals surface area contributed by atoms with Crippen molar-refractivity contribution in [2.75, 3.05) is 6.54 Å². The van der Waals surface area contributed by atoms with E-state index in [-0.39, 0.29) is 0 Å². The van der Waals surface area contributed by atoms with Crippen LogP contribution in [0, 0.1) is 6.92 Å². The van der Waals surface area contributed by atoms with Gasteiger partial charge < -0.3 is 10.2 Å². The average Bonchev–Trinajstić information content (AvgIpc) is 3.19. The van der Waals surface area contributed by atoms with Crippen LogP contribution in [0.1, 0.15) is 53.1 Å². The Morgan fingerprint density at radius 2 is 2.00 bits per heavy atom. The maximum absolute atomic E-state index is 11.8. The summed E-state index contributed by atoms with van der Waals surface area (Å²) in [5.41, 5.74) is 6.83. The second-order valence-corrected chi connectivity index (χ2v) is 7.41. The number of rotatable bonds is 5. The number of aryl methyl sites for hydroxylation is 2. The van der Waals surface area contributed by atoms with Crippen molar-refractivity contribution in [2.24, 2.45) is 0 Å². The van der Waals surface area contributed by atoms with E-state index in [1.165, 1.54) is 40.7 Å². The van der Waals surface area contributed by atoms with Crippen LogP contribution >= 0.6 is 0 Å². The van der Waals surface area contributed by atoms with Gasteiger partial charge in [0.1, 0.15) is 0 Å². The SMILES string of the molecule is Cc1ccc2c(c1)C(NCc1cccc(CN3CCCC3=O)c1)CC2. The molecule has 1 atom stereocenters. The van der Waals surface area contributed by atoms with Crippen molar-refractivity contribution in [3.8, 4) is 0 Å². The average molecular weight is 334 g/mol. The molecule has 2 aromatic rings. The van der Waals surface area contributed by atoms with Gasteiger partial charge in [-0.15, -0.1) is 0 Å². The van der Waals surface area contributed by atoms with E-state index in [0.717, 1.165) is 26.1 Å². The maximum Gasteiger partial charge on any atom is 0.222 e. The zero-order valence-corrected chi connectivity index (χ0v) is 14.9. The second kappa shape index (κ2) is 7.01. The van der Waals surface area contributed by atoms with Gasteiger partial charge in [-0.1, -0.05) is 48.0 Å². The second-order valence-electron chi connectivity index (χ2n) is 7.41. The lowest BCUT2D eigenvalue weighted by Crippen LogP contribution is -2.24. The van der Waals surface area contributed by atoms with Gasteiger partial charge in [0.05, 0.1) is 0 Å². The molecular weight excluding hydrogens is 308 g/mol. The van der Waals surface area contributed by atoms with Crippen molar-refractivity contribution in [3.05, 3.63) is 70.3 Å². The number of carbonyl (C=O) groups is 1. The molecule has 1 saturated heterocycles. The molecule has 0 saturated carbocycles. The molecule has 0 spiro atoms. The van der Waals surface area contributed by atoms with Crippen LogP contribution in [-0.2, 0) is 24.3 Å². The first-order valence-corrected chi connectivity index (χ1v) is 9.37. The molecule has 3 nitrogen and oxygen atoms in total. The van der Waals surface area contributed by atoms with Gasteiger partial charge in [0, 0.05) is 32.1 Å². The summed E-state index contributed by atoms with van der Waals surface area (Å²) in [6, 6.07) is 15.9. The first-order valence-electron chi connectivity index (χ1n) is 9.37. The lowest BCUT2D eigenvalue weighted by Gasteiger charge is -2.17. The number of likely N-dealkylation sites (tertiary alicyclic amines) is 1. The number of carbonyl (C=O) groups excluding carboxylic acids is 1. The number of amides is 1. The van der Waals surface area contributed by atoms with E-state index < -0.39 is 0 Å². The van der Waals surface area contributed by atoms with Crippen LogP contribution in [0.4, 0.5) is 0 Å². The zero-order chi connectivity index (χ0) is 17.2. The van der Waals surface area contributed by atoms with Crippen molar-refractivity contribution in [1.82, 2.24) is 10.2 Å². The molecule has 1 N–H and O–H groups in total. The summed E-state index contributed by atoms with van der Waals surface area (Å²) >= 11 is 0. The predicted octanol–water partition coefficient (Wildman–Crippen LogP) is 3.89. The highest BCUT2D eigenvalue weighted by atomic mass is 16.2. The Morgan fingerprint density at radius 1 is 1.12 bits per heavy atom. The van der Waals surface area contributed by atoms with Crippen LogP contribution in [0.15, 0.2) is 42.5 Å². The Labute approximate surface area is 150 Å². The molecule has 25 heavy (non-hydrogen) atoms. The summed E-state index contributed by atoms with van der Waals surface area (Å²) in [7, 11) is 0. The van der Waals surface area contributed by atoms with E-state index >= 15 is 0 Å². The van der Waals surface area contributed by atoms with Gasteiger partial charge in [0.15, 0.2) is 0 Å². The molecule has 2 aromatic carbocycles. The highest BCUT2D eigenvalue weighted by Crippen LogP contribution is 2.32. The number of benzene rings is 2. The maximum atomic E-state index is 11.8. The van der Waals surface area contributed by atoms with Gasteiger partial charge in [0.2, 0.25) is 5.91 Å². The summed E-state index contributed by atoms with van der Waals surface area (Å²) in [6.45, 7) is 4.69. The molecule has 3 heteroatoms. The fourth-order valence-electron chi connectivity index (χ4n) is 4.10. The monoisotopic (exact) mass is 334 g/mol. The third-order valence-corrected chi connectivity index (χ3v) is 5.47. The van der Waals surface area contributed by atoms with Gasteiger partial charge in [0.25, 0.3) is 0 Å². The first kappa shape index (κ1) is 16.3. The predicted molar refractivity (Wildman–Crippen MR) is 100 cm³/mol. The Kier molecular flexibility index (Phi) is 4.58. The van der Waals surface area contributed by atoms with Gasteiger partial charge >= 0.3 is 0 Å². The normalized spacial score (nSPS) is 19.5. The summed E-state index contributed by atoms with van der Waals surface area (Å²) < 4.78 is 0. The highest BCUT2D eigenvalue weighted by molar-refractivity contribution is 5.78. The van der Waals surface area contributed by atoms with Crippen molar-refractivity contribution in [3.63, 3.8) is 0 Å². The topological polar surface area (TPSA) is 32.3 Å². The summed E-state index contributed by atoms with van der Waals surface area (Å²) in [6.07, 6.45) is 4.06. The lowest BCUT2D eigenvalue weighted by molar-refractivity contribution is -0.128. The van der Waals surface area contributed by atoms with Crippen molar-refractivity contribution < 1.29 is 4.79 Å². The fourth-order valence-corrected chi connectivity index (χ4v) is 4.10. The zero-order valence-electron chi connectivity index (χ0n) is 14.9. The van der Waals surface area contributed by atoms with E-state index in [4.69, 9.17) is 0 Å². The van der Waals surface area contributed by atoms with E-state index in [1.54, 1.807) is 0 Å². The molecule has 1 unspecified atom stereocenters. The Morgan fingerprint density at radius 3 is 2.84 bits per heavy atom. The lowest BCUT2D eigenvalue weighted by atomic mass is 10.0. The van der Waals surface area contributed by atoms with Crippen molar-refractivity contribution in [1.29, 1.82) is 0 Å². The molecule has 4 rings (SSSR count). The molecule has 2 aliphatic rings. The van der Waals surface area contributed by atoms with Crippen LogP contribution < -0.4 is 5.32 Å². The van der Waals surface area contributed by atoms with Crippen LogP contribution in [0.2, 0.25) is 0 Å². The molecule has 130 valence electrons. The Hall–Kier alpha value is -2.13. The van der Waals surface area contributed by atoms with Gasteiger partial charge in [-0.2, -0.15) is 0 Å². The summed E-state index contributed by atoms with van der Waals surface area (Å²) in [5, 5.41) is 3.73. The van der Waals surface area contributed by atoms with E-state index in [9.17, 15) is 4.79 Å².